The maximum Gasteiger partial charge on any atom is 0.416 e. The Balaban J connectivity index is 1.39. The van der Waals surface area contributed by atoms with Gasteiger partial charge in [-0.3, -0.25) is 9.69 Å². The van der Waals surface area contributed by atoms with Crippen molar-refractivity contribution in [3.63, 3.8) is 0 Å². The quantitative estimate of drug-likeness (QED) is 0.648. The van der Waals surface area contributed by atoms with Crippen molar-refractivity contribution in [3.05, 3.63) is 71.3 Å². The summed E-state index contributed by atoms with van der Waals surface area (Å²) in [5, 5.41) is 0. The average molecular weight is 432 g/mol. The number of benzene rings is 2. The van der Waals surface area contributed by atoms with Crippen molar-refractivity contribution in [3.8, 4) is 0 Å². The van der Waals surface area contributed by atoms with Crippen molar-refractivity contribution >= 4 is 5.91 Å². The molecule has 4 nitrogen and oxygen atoms in total. The summed E-state index contributed by atoms with van der Waals surface area (Å²) in [4.78, 5) is 17.0. The predicted octanol–water partition coefficient (Wildman–Crippen LogP) is 4.46. The third-order valence-corrected chi connectivity index (χ3v) is 5.79. The Morgan fingerprint density at radius 2 is 1.84 bits per heavy atom. The van der Waals surface area contributed by atoms with Crippen LogP contribution in [0.3, 0.4) is 0 Å². The highest BCUT2D eigenvalue weighted by molar-refractivity contribution is 5.94. The number of morpholine rings is 1. The summed E-state index contributed by atoms with van der Waals surface area (Å²) in [6.07, 6.45) is -2.21. The van der Waals surface area contributed by atoms with Crippen LogP contribution in [0.15, 0.2) is 54.6 Å². The molecule has 2 fully saturated rings. The van der Waals surface area contributed by atoms with E-state index in [0.717, 1.165) is 25.5 Å². The van der Waals surface area contributed by atoms with E-state index < -0.39 is 11.7 Å². The molecule has 1 aliphatic carbocycles. The van der Waals surface area contributed by atoms with E-state index in [1.165, 1.54) is 12.1 Å². The van der Waals surface area contributed by atoms with Crippen molar-refractivity contribution in [2.24, 2.45) is 5.92 Å². The smallest absolute Gasteiger partial charge is 0.374 e. The third kappa shape index (κ3) is 6.08. The molecule has 2 aromatic carbocycles. The van der Waals surface area contributed by atoms with Crippen LogP contribution in [0.4, 0.5) is 13.2 Å². The Kier molecular flexibility index (Phi) is 6.62. The van der Waals surface area contributed by atoms with Gasteiger partial charge in [-0.1, -0.05) is 36.4 Å². The molecule has 0 radical (unpaired) electrons. The first-order valence-corrected chi connectivity index (χ1v) is 10.7. The fourth-order valence-electron chi connectivity index (χ4n) is 4.00. The number of carbonyl (C=O) groups excluding carboxylic acids is 1. The fraction of sp³-hybridized carbons (Fsp3) is 0.458. The normalized spacial score (nSPS) is 19.9. The molecule has 31 heavy (non-hydrogen) atoms. The van der Waals surface area contributed by atoms with Crippen LogP contribution in [0, 0.1) is 5.92 Å². The number of alkyl halides is 3. The minimum Gasteiger partial charge on any atom is -0.374 e. The SMILES string of the molecule is O=C(c1ccccc1)N(CC1CC1)CC1CN(Cc2cccc(C(F)(F)F)c2)CCO1. The maximum absolute atomic E-state index is 13.0. The van der Waals surface area contributed by atoms with Crippen molar-refractivity contribution in [1.82, 2.24) is 9.80 Å². The van der Waals surface area contributed by atoms with E-state index in [4.69, 9.17) is 4.74 Å². The molecule has 0 N–H and O–H groups in total. The Labute approximate surface area is 180 Å². The second kappa shape index (κ2) is 9.40. The standard InChI is InChI=1S/C24H27F3N2O2/c25-24(26,27)21-8-4-5-19(13-21)14-28-11-12-31-22(16-28)17-29(15-18-9-10-18)23(30)20-6-2-1-3-7-20/h1-8,13,18,22H,9-12,14-17H2. The van der Waals surface area contributed by atoms with Gasteiger partial charge in [0.25, 0.3) is 5.91 Å². The zero-order valence-corrected chi connectivity index (χ0v) is 17.4. The molecule has 1 atom stereocenters. The van der Waals surface area contributed by atoms with E-state index >= 15 is 0 Å². The lowest BCUT2D eigenvalue weighted by Gasteiger charge is -2.36. The minimum absolute atomic E-state index is 0.00565. The first kappa shape index (κ1) is 21.8. The van der Waals surface area contributed by atoms with Gasteiger partial charge in [0.05, 0.1) is 18.3 Å². The molecule has 0 spiro atoms. The maximum atomic E-state index is 13.0. The van der Waals surface area contributed by atoms with Gasteiger partial charge in [0, 0.05) is 38.3 Å². The van der Waals surface area contributed by atoms with Gasteiger partial charge in [0.1, 0.15) is 0 Å². The highest BCUT2D eigenvalue weighted by atomic mass is 19.4. The average Bonchev–Trinajstić information content (AvgIpc) is 3.57. The highest BCUT2D eigenvalue weighted by Gasteiger charge is 2.32. The number of ether oxygens (including phenoxy) is 1. The molecule has 1 saturated carbocycles. The lowest BCUT2D eigenvalue weighted by atomic mass is 10.1. The number of nitrogens with zero attached hydrogens (tertiary/aromatic N) is 2. The molecule has 0 aromatic heterocycles. The van der Waals surface area contributed by atoms with E-state index in [2.05, 4.69) is 4.90 Å². The molecule has 4 rings (SSSR count). The van der Waals surface area contributed by atoms with Crippen LogP contribution in [-0.4, -0.2) is 54.6 Å². The lowest BCUT2D eigenvalue weighted by molar-refractivity contribution is -0.137. The molecule has 2 aliphatic rings. The molecule has 7 heteroatoms. The number of rotatable bonds is 7. The molecular formula is C24H27F3N2O2. The van der Waals surface area contributed by atoms with Crippen molar-refractivity contribution in [1.29, 1.82) is 0 Å². The molecule has 2 aromatic rings. The van der Waals surface area contributed by atoms with E-state index in [9.17, 15) is 18.0 Å². The number of amides is 1. The van der Waals surface area contributed by atoms with E-state index in [1.807, 2.05) is 35.2 Å². The van der Waals surface area contributed by atoms with Crippen molar-refractivity contribution in [2.45, 2.75) is 31.7 Å². The van der Waals surface area contributed by atoms with Crippen LogP contribution in [0.2, 0.25) is 0 Å². The van der Waals surface area contributed by atoms with Gasteiger partial charge < -0.3 is 9.64 Å². The summed E-state index contributed by atoms with van der Waals surface area (Å²) < 4.78 is 44.9. The second-order valence-electron chi connectivity index (χ2n) is 8.45. The monoisotopic (exact) mass is 432 g/mol. The van der Waals surface area contributed by atoms with Crippen LogP contribution < -0.4 is 0 Å². The summed E-state index contributed by atoms with van der Waals surface area (Å²) in [5.41, 5.74) is 0.671. The van der Waals surface area contributed by atoms with Gasteiger partial charge in [-0.05, 0) is 42.5 Å². The second-order valence-corrected chi connectivity index (χ2v) is 8.45. The van der Waals surface area contributed by atoms with Gasteiger partial charge in [-0.25, -0.2) is 0 Å². The largest absolute Gasteiger partial charge is 0.416 e. The minimum atomic E-state index is -4.34. The van der Waals surface area contributed by atoms with Crippen LogP contribution in [-0.2, 0) is 17.5 Å². The number of carbonyl (C=O) groups is 1. The van der Waals surface area contributed by atoms with Crippen LogP contribution in [0.1, 0.15) is 34.3 Å². The van der Waals surface area contributed by atoms with E-state index in [1.54, 1.807) is 6.07 Å². The summed E-state index contributed by atoms with van der Waals surface area (Å²) >= 11 is 0. The van der Waals surface area contributed by atoms with Gasteiger partial charge >= 0.3 is 6.18 Å². The predicted molar refractivity (Wildman–Crippen MR) is 112 cm³/mol. The molecular weight excluding hydrogens is 405 g/mol. The molecule has 1 aliphatic heterocycles. The lowest BCUT2D eigenvalue weighted by Crippen LogP contribution is -2.49. The van der Waals surface area contributed by atoms with Crippen molar-refractivity contribution < 1.29 is 22.7 Å². The molecule has 1 saturated heterocycles. The Morgan fingerprint density at radius 3 is 2.55 bits per heavy atom. The van der Waals surface area contributed by atoms with Gasteiger partial charge in [-0.15, -0.1) is 0 Å². The van der Waals surface area contributed by atoms with Gasteiger partial charge in [-0.2, -0.15) is 13.2 Å². The fourth-order valence-corrected chi connectivity index (χ4v) is 4.00. The molecule has 166 valence electrons. The third-order valence-electron chi connectivity index (χ3n) is 5.79. The Hall–Kier alpha value is -2.38. The van der Waals surface area contributed by atoms with Crippen LogP contribution in [0.5, 0.6) is 0 Å². The van der Waals surface area contributed by atoms with Gasteiger partial charge in [0.15, 0.2) is 0 Å². The molecule has 1 amide bonds. The van der Waals surface area contributed by atoms with Crippen molar-refractivity contribution in [2.75, 3.05) is 32.8 Å². The van der Waals surface area contributed by atoms with E-state index in [-0.39, 0.29) is 12.0 Å². The Morgan fingerprint density at radius 1 is 1.06 bits per heavy atom. The topological polar surface area (TPSA) is 32.8 Å². The summed E-state index contributed by atoms with van der Waals surface area (Å²) in [6.45, 7) is 3.38. The molecule has 1 unspecified atom stereocenters. The number of hydrogen-bond acceptors (Lipinski definition) is 3. The summed E-state index contributed by atoms with van der Waals surface area (Å²) in [5.74, 6) is 0.559. The molecule has 0 bridgehead atoms. The first-order chi connectivity index (χ1) is 14.9. The summed E-state index contributed by atoms with van der Waals surface area (Å²) in [6, 6.07) is 14.7. The molecule has 1 heterocycles. The summed E-state index contributed by atoms with van der Waals surface area (Å²) in [7, 11) is 0. The zero-order valence-electron chi connectivity index (χ0n) is 17.4. The first-order valence-electron chi connectivity index (χ1n) is 10.7. The van der Waals surface area contributed by atoms with Crippen LogP contribution in [0.25, 0.3) is 0 Å². The van der Waals surface area contributed by atoms with E-state index in [0.29, 0.717) is 49.8 Å². The number of hydrogen-bond donors (Lipinski definition) is 0. The van der Waals surface area contributed by atoms with Crippen LogP contribution >= 0.6 is 0 Å². The zero-order chi connectivity index (χ0) is 21.8. The highest BCUT2D eigenvalue weighted by Crippen LogP contribution is 2.31. The number of halogens is 3. The Bertz CT molecular complexity index is 884. The van der Waals surface area contributed by atoms with Gasteiger partial charge in [0.2, 0.25) is 0 Å².